The van der Waals surface area contributed by atoms with Crippen molar-refractivity contribution in [1.29, 1.82) is 0 Å². The lowest BCUT2D eigenvalue weighted by molar-refractivity contribution is -0.138. The Morgan fingerprint density at radius 3 is 2.52 bits per heavy atom. The molecule has 1 aliphatic heterocycles. The van der Waals surface area contributed by atoms with Crippen molar-refractivity contribution in [1.82, 2.24) is 4.90 Å². The first kappa shape index (κ1) is 24.0. The molecule has 1 fully saturated rings. The normalized spacial score (nSPS) is 17.6. The fraction of sp³-hybridized carbons (Fsp3) is 0.368. The molecule has 1 N–H and O–H groups in total. The Morgan fingerprint density at radius 2 is 1.94 bits per heavy atom. The first-order valence-corrected chi connectivity index (χ1v) is 11.7. The van der Waals surface area contributed by atoms with Crippen molar-refractivity contribution < 1.29 is 31.1 Å². The number of halogens is 5. The van der Waals surface area contributed by atoms with Crippen LogP contribution in [0.15, 0.2) is 39.7 Å². The summed E-state index contributed by atoms with van der Waals surface area (Å²) in [6, 6.07) is 5.84. The molecule has 1 atom stereocenters. The molecule has 1 heterocycles. The Kier molecular flexibility index (Phi) is 6.99. The van der Waals surface area contributed by atoms with Gasteiger partial charge in [0.2, 0.25) is 0 Å². The van der Waals surface area contributed by atoms with Crippen molar-refractivity contribution in [3.8, 4) is 11.5 Å². The summed E-state index contributed by atoms with van der Waals surface area (Å²) in [5, 5.41) is 0.315. The number of sulfonamides is 1. The van der Waals surface area contributed by atoms with E-state index in [9.17, 15) is 21.6 Å². The van der Waals surface area contributed by atoms with Gasteiger partial charge in [0.15, 0.2) is 0 Å². The Morgan fingerprint density at radius 1 is 1.23 bits per heavy atom. The van der Waals surface area contributed by atoms with Gasteiger partial charge in [-0.1, -0.05) is 11.6 Å². The maximum absolute atomic E-state index is 13.2. The summed E-state index contributed by atoms with van der Waals surface area (Å²) in [6.45, 7) is 1.59. The first-order chi connectivity index (χ1) is 14.4. The van der Waals surface area contributed by atoms with Crippen LogP contribution in [0, 0.1) is 0 Å². The summed E-state index contributed by atoms with van der Waals surface area (Å²) in [6.07, 6.45) is -3.98. The van der Waals surface area contributed by atoms with Gasteiger partial charge in [-0.2, -0.15) is 13.2 Å². The second-order valence-corrected chi connectivity index (χ2v) is 9.93. The van der Waals surface area contributed by atoms with Crippen molar-refractivity contribution in [3.63, 3.8) is 0 Å². The summed E-state index contributed by atoms with van der Waals surface area (Å²) >= 11 is 9.09. The van der Waals surface area contributed by atoms with Gasteiger partial charge in [-0.05, 0) is 47.6 Å². The second-order valence-electron chi connectivity index (χ2n) is 7.02. The highest BCUT2D eigenvalue weighted by Gasteiger charge is 2.36. The number of nitrogens with zero attached hydrogens (tertiary/aromatic N) is 1. The Bertz CT molecular complexity index is 1080. The molecule has 12 heteroatoms. The molecule has 31 heavy (non-hydrogen) atoms. The molecule has 6 nitrogen and oxygen atoms in total. The number of hydrogen-bond acceptors (Lipinski definition) is 5. The lowest BCUT2D eigenvalue weighted by atomic mass is 10.2. The van der Waals surface area contributed by atoms with E-state index in [1.807, 2.05) is 7.05 Å². The van der Waals surface area contributed by atoms with Gasteiger partial charge in [0.1, 0.15) is 22.5 Å². The van der Waals surface area contributed by atoms with E-state index in [2.05, 4.69) is 25.6 Å². The summed E-state index contributed by atoms with van der Waals surface area (Å²) in [4.78, 5) is 1.69. The summed E-state index contributed by atoms with van der Waals surface area (Å²) in [5.74, 6) is -0.298. The summed E-state index contributed by atoms with van der Waals surface area (Å²) in [7, 11) is -1.26. The zero-order chi connectivity index (χ0) is 23.0. The average molecular weight is 544 g/mol. The van der Waals surface area contributed by atoms with Crippen molar-refractivity contribution >= 4 is 43.2 Å². The van der Waals surface area contributed by atoms with Crippen LogP contribution in [0.2, 0.25) is 5.02 Å². The van der Waals surface area contributed by atoms with Gasteiger partial charge in [-0.15, -0.1) is 0 Å². The molecular formula is C19H19BrClF3N2O4S. The smallest absolute Gasteiger partial charge is 0.420 e. The van der Waals surface area contributed by atoms with Crippen LogP contribution in [0.25, 0.3) is 0 Å². The largest absolute Gasteiger partial charge is 0.496 e. The minimum atomic E-state index is -4.71. The zero-order valence-corrected chi connectivity index (χ0v) is 19.6. The van der Waals surface area contributed by atoms with E-state index in [0.717, 1.165) is 26.1 Å². The third kappa shape index (κ3) is 5.57. The quantitative estimate of drug-likeness (QED) is 0.555. The van der Waals surface area contributed by atoms with E-state index >= 15 is 0 Å². The highest BCUT2D eigenvalue weighted by atomic mass is 79.9. The molecule has 2 aromatic carbocycles. The Labute approximate surface area is 191 Å². The van der Waals surface area contributed by atoms with Gasteiger partial charge in [-0.3, -0.25) is 4.72 Å². The predicted octanol–water partition coefficient (Wildman–Crippen LogP) is 5.01. The Balaban J connectivity index is 1.89. The lowest BCUT2D eigenvalue weighted by Gasteiger charge is -2.17. The lowest BCUT2D eigenvalue weighted by Crippen LogP contribution is -2.21. The molecule has 0 spiro atoms. The molecule has 0 saturated carbocycles. The zero-order valence-electron chi connectivity index (χ0n) is 16.5. The van der Waals surface area contributed by atoms with Crippen LogP contribution in [-0.4, -0.2) is 46.7 Å². The third-order valence-corrected chi connectivity index (χ3v) is 7.33. The van der Waals surface area contributed by atoms with E-state index in [4.69, 9.17) is 21.1 Å². The van der Waals surface area contributed by atoms with Gasteiger partial charge in [-0.25, -0.2) is 8.42 Å². The van der Waals surface area contributed by atoms with Crippen molar-refractivity contribution in [3.05, 3.63) is 45.4 Å². The van der Waals surface area contributed by atoms with Crippen LogP contribution >= 0.6 is 27.5 Å². The molecule has 0 aromatic heterocycles. The van der Waals surface area contributed by atoms with E-state index in [1.165, 1.54) is 18.2 Å². The number of alkyl halides is 3. The number of methoxy groups -OCH3 is 1. The maximum Gasteiger partial charge on any atom is 0.420 e. The molecule has 1 aliphatic rings. The molecule has 170 valence electrons. The molecular weight excluding hydrogens is 525 g/mol. The molecule has 0 aliphatic carbocycles. The van der Waals surface area contributed by atoms with E-state index < -0.39 is 32.4 Å². The van der Waals surface area contributed by atoms with E-state index in [0.29, 0.717) is 23.4 Å². The number of benzene rings is 2. The number of likely N-dealkylation sites (N-methyl/N-ethyl adjacent to an activating group) is 1. The van der Waals surface area contributed by atoms with Gasteiger partial charge in [0.25, 0.3) is 10.0 Å². The van der Waals surface area contributed by atoms with Gasteiger partial charge in [0, 0.05) is 29.7 Å². The van der Waals surface area contributed by atoms with Crippen LogP contribution < -0.4 is 14.2 Å². The average Bonchev–Trinajstić information content (AvgIpc) is 3.08. The fourth-order valence-electron chi connectivity index (χ4n) is 3.17. The van der Waals surface area contributed by atoms with E-state index in [1.54, 1.807) is 0 Å². The minimum absolute atomic E-state index is 0.0809. The topological polar surface area (TPSA) is 67.9 Å². The van der Waals surface area contributed by atoms with Crippen molar-refractivity contribution in [2.75, 3.05) is 32.0 Å². The SMILES string of the molecule is COc1cc(S(=O)(=O)Nc2ccc(Cl)c(O[C@@H]3CCN(C)C3)c2)c(Br)cc1C(F)(F)F. The number of anilines is 1. The van der Waals surface area contributed by atoms with Gasteiger partial charge < -0.3 is 14.4 Å². The van der Waals surface area contributed by atoms with Gasteiger partial charge >= 0.3 is 6.18 Å². The van der Waals surface area contributed by atoms with Crippen LogP contribution in [0.4, 0.5) is 18.9 Å². The molecule has 0 bridgehead atoms. The summed E-state index contributed by atoms with van der Waals surface area (Å²) in [5.41, 5.74) is -0.943. The van der Waals surface area contributed by atoms with Crippen molar-refractivity contribution in [2.45, 2.75) is 23.6 Å². The highest BCUT2D eigenvalue weighted by molar-refractivity contribution is 9.10. The van der Waals surface area contributed by atoms with Crippen LogP contribution in [0.5, 0.6) is 11.5 Å². The standard InChI is InChI=1S/C19H19BrClF3N2O4S/c1-26-6-5-12(10-26)30-17-7-11(3-4-15(17)21)25-31(27,28)18-9-16(29-2)13(8-14(18)20)19(22,23)24/h3-4,7-9,12,25H,5-6,10H2,1-2H3/t12-/m1/s1. The second kappa shape index (κ2) is 9.05. The number of rotatable bonds is 6. The van der Waals surface area contributed by atoms with Crippen molar-refractivity contribution in [2.24, 2.45) is 0 Å². The first-order valence-electron chi connectivity index (χ1n) is 9.03. The molecule has 1 saturated heterocycles. The third-order valence-electron chi connectivity index (χ3n) is 4.67. The van der Waals surface area contributed by atoms with Crippen LogP contribution in [0.3, 0.4) is 0 Å². The molecule has 0 amide bonds. The molecule has 3 rings (SSSR count). The number of nitrogens with one attached hydrogen (secondary N) is 1. The fourth-order valence-corrected chi connectivity index (χ4v) is 5.44. The summed E-state index contributed by atoms with van der Waals surface area (Å²) < 4.78 is 78.0. The maximum atomic E-state index is 13.2. The monoisotopic (exact) mass is 542 g/mol. The molecule has 0 radical (unpaired) electrons. The van der Waals surface area contributed by atoms with E-state index in [-0.39, 0.29) is 16.3 Å². The number of ether oxygens (including phenoxy) is 2. The highest BCUT2D eigenvalue weighted by Crippen LogP contribution is 2.41. The van der Waals surface area contributed by atoms with Crippen LogP contribution in [-0.2, 0) is 16.2 Å². The van der Waals surface area contributed by atoms with Gasteiger partial charge in [0.05, 0.1) is 23.4 Å². The molecule has 2 aromatic rings. The molecule has 0 unspecified atom stereocenters. The van der Waals surface area contributed by atoms with Crippen LogP contribution in [0.1, 0.15) is 12.0 Å². The number of hydrogen-bond donors (Lipinski definition) is 1. The Hall–Kier alpha value is -1.69. The predicted molar refractivity (Wildman–Crippen MR) is 114 cm³/mol. The number of likely N-dealkylation sites (tertiary alicyclic amines) is 1. The minimum Gasteiger partial charge on any atom is -0.496 e.